The first-order valence-corrected chi connectivity index (χ1v) is 19.3. The average Bonchev–Trinajstić information content (AvgIpc) is 3.59. The molecule has 310 valence electrons. The molecule has 0 bridgehead atoms. The summed E-state index contributed by atoms with van der Waals surface area (Å²) in [5.74, 6) is -3.29. The van der Waals surface area contributed by atoms with Crippen molar-refractivity contribution in [3.8, 4) is 51.0 Å². The third-order valence-corrected chi connectivity index (χ3v) is 11.1. The first kappa shape index (κ1) is 40.4. The van der Waals surface area contributed by atoms with E-state index in [1.807, 2.05) is 65.2 Å². The van der Waals surface area contributed by atoms with Crippen molar-refractivity contribution < 1.29 is 39.5 Å². The van der Waals surface area contributed by atoms with Gasteiger partial charge in [-0.2, -0.15) is 39.5 Å². The Morgan fingerprint density at radius 3 is 1.68 bits per heavy atom. The van der Waals surface area contributed by atoms with E-state index in [4.69, 9.17) is 15.0 Å². The van der Waals surface area contributed by atoms with Crippen LogP contribution in [0.4, 0.5) is 39.5 Å². The Morgan fingerprint density at radius 2 is 1.05 bits per heavy atom. The predicted molar refractivity (Wildman–Crippen MR) is 222 cm³/mol. The van der Waals surface area contributed by atoms with E-state index in [0.29, 0.717) is 61.4 Å². The van der Waals surface area contributed by atoms with Crippen LogP contribution in [-0.4, -0.2) is 31.9 Å². The van der Waals surface area contributed by atoms with E-state index in [-0.39, 0.29) is 22.5 Å². The van der Waals surface area contributed by atoms with Crippen molar-refractivity contribution in [2.75, 3.05) is 0 Å². The Bertz CT molecular complexity index is 3000. The zero-order valence-corrected chi connectivity index (χ0v) is 32.4. The summed E-state index contributed by atoms with van der Waals surface area (Å²) in [6.45, 7) is 0.921. The molecule has 0 aliphatic heterocycles. The van der Waals surface area contributed by atoms with Gasteiger partial charge >= 0.3 is 18.5 Å². The predicted octanol–water partition coefficient (Wildman–Crippen LogP) is 14.4. The second kappa shape index (κ2) is 15.2. The summed E-state index contributed by atoms with van der Waals surface area (Å²) in [7, 11) is 0. The van der Waals surface area contributed by atoms with E-state index < -0.39 is 41.5 Å². The van der Waals surface area contributed by atoms with Crippen LogP contribution in [-0.2, 0) is 6.18 Å². The fourth-order valence-corrected chi connectivity index (χ4v) is 8.08. The third-order valence-electron chi connectivity index (χ3n) is 11.1. The molecule has 1 aliphatic rings. The van der Waals surface area contributed by atoms with Crippen LogP contribution >= 0.6 is 0 Å². The molecule has 4 nitrogen and oxygen atoms in total. The first-order valence-electron chi connectivity index (χ1n) is 19.3. The van der Waals surface area contributed by atoms with Crippen molar-refractivity contribution in [2.45, 2.75) is 25.5 Å². The Morgan fingerprint density at radius 1 is 0.484 bits per heavy atom. The van der Waals surface area contributed by atoms with Gasteiger partial charge in [-0.25, -0.2) is 15.0 Å². The molecule has 2 aromatic heterocycles. The van der Waals surface area contributed by atoms with Gasteiger partial charge in [-0.05, 0) is 70.8 Å². The number of halogens is 9. The van der Waals surface area contributed by atoms with Crippen LogP contribution in [0.5, 0.6) is 0 Å². The van der Waals surface area contributed by atoms with Gasteiger partial charge in [0.15, 0.2) is 17.5 Å². The zero-order chi connectivity index (χ0) is 43.6. The van der Waals surface area contributed by atoms with E-state index in [9.17, 15) is 39.5 Å². The van der Waals surface area contributed by atoms with E-state index in [0.717, 1.165) is 31.2 Å². The third kappa shape index (κ3) is 7.52. The number of benzene rings is 6. The second-order valence-corrected chi connectivity index (χ2v) is 15.0. The van der Waals surface area contributed by atoms with Crippen LogP contribution in [0.1, 0.15) is 18.1 Å². The van der Waals surface area contributed by atoms with Crippen LogP contribution < -0.4 is 0 Å². The maximum atomic E-state index is 14.2. The molecule has 0 radical (unpaired) electrons. The number of allylic oxidation sites excluding steroid dienone is 4. The number of rotatable bonds is 6. The molecule has 6 aromatic carbocycles. The van der Waals surface area contributed by atoms with Gasteiger partial charge in [-0.15, -0.1) is 0 Å². The molecule has 0 N–H and O–H groups in total. The van der Waals surface area contributed by atoms with Gasteiger partial charge in [-0.3, -0.25) is 0 Å². The maximum absolute atomic E-state index is 14.2. The minimum Gasteiger partial charge on any atom is -0.308 e. The molecule has 13 heteroatoms. The average molecular weight is 847 g/mol. The maximum Gasteiger partial charge on any atom is 0.416 e. The Labute approximate surface area is 348 Å². The molecule has 0 spiro atoms. The quantitative estimate of drug-likeness (QED) is 0.157. The van der Waals surface area contributed by atoms with Crippen molar-refractivity contribution in [1.29, 1.82) is 0 Å². The summed E-state index contributed by atoms with van der Waals surface area (Å²) < 4.78 is 129. The number of nitrogens with zero attached hydrogens (tertiary/aromatic N) is 4. The summed E-state index contributed by atoms with van der Waals surface area (Å²) in [5, 5.41) is 1.12. The van der Waals surface area contributed by atoms with Gasteiger partial charge in [0.05, 0.1) is 28.2 Å². The molecule has 9 rings (SSSR count). The highest BCUT2D eigenvalue weighted by atomic mass is 19.4. The minimum atomic E-state index is -5.00. The number of hydrogen-bond donors (Lipinski definition) is 0. The summed E-state index contributed by atoms with van der Waals surface area (Å²) in [4.78, 5) is 14.7. The molecule has 2 heterocycles. The summed E-state index contributed by atoms with van der Waals surface area (Å²) in [6.07, 6.45) is -12.9. The Hall–Kier alpha value is -7.02. The summed E-state index contributed by atoms with van der Waals surface area (Å²) >= 11 is 0. The highest BCUT2D eigenvalue weighted by Crippen LogP contribution is 2.48. The minimum absolute atomic E-state index is 0.138. The van der Waals surface area contributed by atoms with E-state index in [1.54, 1.807) is 60.7 Å². The molecule has 2 atom stereocenters. The lowest BCUT2D eigenvalue weighted by atomic mass is 9.78. The molecule has 0 saturated carbocycles. The Kier molecular flexibility index (Phi) is 9.87. The number of aromatic nitrogens is 4. The highest BCUT2D eigenvalue weighted by Gasteiger charge is 2.50. The van der Waals surface area contributed by atoms with Crippen molar-refractivity contribution in [3.05, 3.63) is 174 Å². The van der Waals surface area contributed by atoms with Crippen LogP contribution in [0.3, 0.4) is 0 Å². The molecule has 1 aliphatic carbocycles. The molecular formula is C49H31F9N4. The highest BCUT2D eigenvalue weighted by molar-refractivity contribution is 6.11. The lowest BCUT2D eigenvalue weighted by Gasteiger charge is -2.31. The fraction of sp³-hybridized carbons (Fsp3) is 0.122. The van der Waals surface area contributed by atoms with E-state index in [2.05, 4.69) is 0 Å². The van der Waals surface area contributed by atoms with Crippen LogP contribution in [0.15, 0.2) is 163 Å². The SMILES string of the molecule is CC1C(C(F)(F)F)=CC(c2ccc3c(c2)c2ccccc2n3-c2cc(-c3cccc(C(F)(F)F)c3)ccc2-c2nc(-c3ccccc3)nc(-c3ccccc3)n2)=CC1C(F)(F)F. The number of alkyl halides is 9. The van der Waals surface area contributed by atoms with Crippen molar-refractivity contribution >= 4 is 27.4 Å². The zero-order valence-electron chi connectivity index (χ0n) is 32.4. The molecule has 0 saturated heterocycles. The second-order valence-electron chi connectivity index (χ2n) is 15.0. The van der Waals surface area contributed by atoms with Gasteiger partial charge in [0.25, 0.3) is 0 Å². The number of para-hydroxylation sites is 1. The van der Waals surface area contributed by atoms with Crippen molar-refractivity contribution in [1.82, 2.24) is 19.5 Å². The standard InChI is InChI=1S/C49H31F9N4/c1-28-39(48(53,54)55)25-34(26-40(28)49(56,57)58)32-20-22-42-38(24-32)36-17-8-9-18-41(36)62(42)43-27-33(31-15-10-16-35(23-31)47(50,51)52)19-21-37(43)46-60-44(29-11-4-2-5-12-29)59-45(61-46)30-13-6-3-7-14-30/h2-28,39H,1H3. The van der Waals surface area contributed by atoms with E-state index >= 15 is 0 Å². The Balaban J connectivity index is 1.31. The van der Waals surface area contributed by atoms with Crippen molar-refractivity contribution in [2.24, 2.45) is 11.8 Å². The smallest absolute Gasteiger partial charge is 0.308 e. The van der Waals surface area contributed by atoms with Gasteiger partial charge in [0.2, 0.25) is 0 Å². The molecule has 62 heavy (non-hydrogen) atoms. The molecule has 0 fully saturated rings. The number of hydrogen-bond acceptors (Lipinski definition) is 3. The van der Waals surface area contributed by atoms with Gasteiger partial charge < -0.3 is 4.57 Å². The van der Waals surface area contributed by atoms with Gasteiger partial charge in [0.1, 0.15) is 0 Å². The lowest BCUT2D eigenvalue weighted by molar-refractivity contribution is -0.176. The first-order chi connectivity index (χ1) is 29.5. The molecule has 2 unspecified atom stereocenters. The fourth-order valence-electron chi connectivity index (χ4n) is 8.08. The molecule has 0 amide bonds. The summed E-state index contributed by atoms with van der Waals surface area (Å²) in [5.41, 5.74) is 1.86. The topological polar surface area (TPSA) is 43.6 Å². The number of fused-ring (bicyclic) bond motifs is 3. The molecule has 8 aromatic rings. The normalized spacial score (nSPS) is 16.1. The van der Waals surface area contributed by atoms with Crippen LogP contribution in [0.25, 0.3) is 78.4 Å². The van der Waals surface area contributed by atoms with Crippen LogP contribution in [0.2, 0.25) is 0 Å². The largest absolute Gasteiger partial charge is 0.416 e. The lowest BCUT2D eigenvalue weighted by Crippen LogP contribution is -2.34. The molecular weight excluding hydrogens is 816 g/mol. The van der Waals surface area contributed by atoms with Gasteiger partial charge in [-0.1, -0.05) is 116 Å². The summed E-state index contributed by atoms with van der Waals surface area (Å²) in [6, 6.07) is 40.3. The van der Waals surface area contributed by atoms with Crippen molar-refractivity contribution in [3.63, 3.8) is 0 Å². The monoisotopic (exact) mass is 846 g/mol. The van der Waals surface area contributed by atoms with Crippen LogP contribution in [0, 0.1) is 11.8 Å². The van der Waals surface area contributed by atoms with E-state index in [1.165, 1.54) is 12.1 Å². The van der Waals surface area contributed by atoms with Gasteiger partial charge in [0, 0.05) is 39.0 Å².